The van der Waals surface area contributed by atoms with Gasteiger partial charge in [-0.25, -0.2) is 37.7 Å². The molecule has 1 aromatic rings. The lowest BCUT2D eigenvalue weighted by molar-refractivity contribution is -0.205. The van der Waals surface area contributed by atoms with Crippen molar-refractivity contribution in [1.29, 1.82) is 0 Å². The minimum Gasteiger partial charge on any atom is -0.430 e. The molecule has 4 rings (SSSR count). The first-order valence-corrected chi connectivity index (χ1v) is 8.88. The Morgan fingerprint density at radius 1 is 0.700 bits per heavy atom. The van der Waals surface area contributed by atoms with E-state index in [0.29, 0.717) is 9.13 Å². The maximum atomic E-state index is 12.9. The molecule has 4 atom stereocenters. The summed E-state index contributed by atoms with van der Waals surface area (Å²) in [5, 5.41) is 9.30. The van der Waals surface area contributed by atoms with E-state index in [9.17, 15) is 29.1 Å². The summed E-state index contributed by atoms with van der Waals surface area (Å²) < 4.78 is 31.0. The van der Waals surface area contributed by atoms with E-state index in [1.807, 2.05) is 0 Å². The van der Waals surface area contributed by atoms with Crippen LogP contribution in [0.5, 0.6) is 0 Å². The number of ether oxygens (including phenoxy) is 6. The van der Waals surface area contributed by atoms with Crippen LogP contribution < -0.4 is 17.1 Å². The maximum Gasteiger partial charge on any atom is 0.508 e. The molecule has 0 radical (unpaired) electrons. The topological polar surface area (TPSA) is 176 Å². The van der Waals surface area contributed by atoms with Crippen molar-refractivity contribution < 1.29 is 43.1 Å². The van der Waals surface area contributed by atoms with Crippen molar-refractivity contribution in [1.82, 2.24) is 13.7 Å². The molecular weight excluding hydrogens is 414 g/mol. The quantitative estimate of drug-likeness (QED) is 0.451. The molecule has 3 aliphatic rings. The Hall–Kier alpha value is -3.17. The van der Waals surface area contributed by atoms with Crippen LogP contribution in [0.3, 0.4) is 0 Å². The summed E-state index contributed by atoms with van der Waals surface area (Å²) >= 11 is 0. The first-order valence-electron chi connectivity index (χ1n) is 8.88. The Morgan fingerprint density at radius 2 is 1.13 bits per heavy atom. The van der Waals surface area contributed by atoms with Crippen LogP contribution in [-0.2, 0) is 48.1 Å². The van der Waals surface area contributed by atoms with Crippen molar-refractivity contribution in [3.05, 3.63) is 31.5 Å². The van der Waals surface area contributed by atoms with Gasteiger partial charge in [0.25, 0.3) is 6.48 Å². The SMILES string of the molecule is O=C1OCC(Cn2c(=O)n(CC3COC(=O)O3)c(=O)n(CC3COC(O)O3)c2=O)O1. The van der Waals surface area contributed by atoms with E-state index in [1.165, 1.54) is 0 Å². The summed E-state index contributed by atoms with van der Waals surface area (Å²) in [6, 6.07) is 0. The van der Waals surface area contributed by atoms with Crippen LogP contribution in [0.15, 0.2) is 14.4 Å². The first kappa shape index (κ1) is 20.1. The molecule has 0 saturated carbocycles. The fourth-order valence-electron chi connectivity index (χ4n) is 3.20. The molecule has 1 aromatic heterocycles. The lowest BCUT2D eigenvalue weighted by atomic mass is 10.3. The predicted octanol–water partition coefficient (Wildman–Crippen LogP) is -3.07. The minimum absolute atomic E-state index is 0.0890. The van der Waals surface area contributed by atoms with Gasteiger partial charge < -0.3 is 33.5 Å². The molecule has 15 nitrogen and oxygen atoms in total. The summed E-state index contributed by atoms with van der Waals surface area (Å²) in [6.45, 7) is -2.99. The highest BCUT2D eigenvalue weighted by Gasteiger charge is 2.32. The van der Waals surface area contributed by atoms with Crippen molar-refractivity contribution in [2.24, 2.45) is 0 Å². The zero-order valence-corrected chi connectivity index (χ0v) is 15.3. The van der Waals surface area contributed by atoms with E-state index < -0.39 is 54.2 Å². The van der Waals surface area contributed by atoms with Crippen LogP contribution in [0.1, 0.15) is 0 Å². The Kier molecular flexibility index (Phi) is 5.31. The van der Waals surface area contributed by atoms with Gasteiger partial charge in [-0.05, 0) is 0 Å². The largest absolute Gasteiger partial charge is 0.508 e. The van der Waals surface area contributed by atoms with Crippen LogP contribution in [0, 0.1) is 0 Å². The van der Waals surface area contributed by atoms with E-state index in [4.69, 9.17) is 18.9 Å². The number of aromatic nitrogens is 3. The molecule has 0 aliphatic carbocycles. The van der Waals surface area contributed by atoms with Gasteiger partial charge in [0.2, 0.25) is 0 Å². The summed E-state index contributed by atoms with van der Waals surface area (Å²) in [6.07, 6.45) is -4.54. The van der Waals surface area contributed by atoms with E-state index in [2.05, 4.69) is 9.47 Å². The lowest BCUT2D eigenvalue weighted by Crippen LogP contribution is -2.57. The Labute approximate surface area is 165 Å². The third-order valence-electron chi connectivity index (χ3n) is 4.58. The van der Waals surface area contributed by atoms with Crippen LogP contribution >= 0.6 is 0 Å². The molecule has 4 unspecified atom stereocenters. The van der Waals surface area contributed by atoms with Crippen molar-refractivity contribution in [2.45, 2.75) is 44.4 Å². The third-order valence-corrected chi connectivity index (χ3v) is 4.58. The van der Waals surface area contributed by atoms with Crippen LogP contribution in [-0.4, -0.2) is 75.7 Å². The van der Waals surface area contributed by atoms with Crippen molar-refractivity contribution in [2.75, 3.05) is 19.8 Å². The minimum atomic E-state index is -1.50. The number of hydrogen-bond acceptors (Lipinski definition) is 12. The smallest absolute Gasteiger partial charge is 0.430 e. The molecule has 3 aliphatic heterocycles. The second-order valence-corrected chi connectivity index (χ2v) is 6.68. The van der Waals surface area contributed by atoms with E-state index in [-0.39, 0.29) is 39.5 Å². The van der Waals surface area contributed by atoms with Gasteiger partial charge in [0.05, 0.1) is 26.2 Å². The molecule has 4 heterocycles. The number of cyclic esters (lactones) is 4. The fourth-order valence-corrected chi connectivity index (χ4v) is 3.20. The van der Waals surface area contributed by atoms with Crippen LogP contribution in [0.4, 0.5) is 9.59 Å². The zero-order valence-electron chi connectivity index (χ0n) is 15.3. The molecule has 3 fully saturated rings. The molecule has 30 heavy (non-hydrogen) atoms. The normalized spacial score (nSPS) is 28.2. The predicted molar refractivity (Wildman–Crippen MR) is 88.5 cm³/mol. The molecular formula is C15H17N3O12. The van der Waals surface area contributed by atoms with Gasteiger partial charge in [0, 0.05) is 0 Å². The fraction of sp³-hybridized carbons (Fsp3) is 0.667. The number of aliphatic hydroxyl groups excluding tert-OH is 1. The second-order valence-electron chi connectivity index (χ2n) is 6.68. The molecule has 0 bridgehead atoms. The van der Waals surface area contributed by atoms with Crippen molar-refractivity contribution in [3.8, 4) is 0 Å². The summed E-state index contributed by atoms with van der Waals surface area (Å²) in [4.78, 5) is 60.8. The maximum absolute atomic E-state index is 12.9. The van der Waals surface area contributed by atoms with E-state index in [1.54, 1.807) is 0 Å². The number of hydrogen-bond donors (Lipinski definition) is 1. The average Bonchev–Trinajstić information content (AvgIpc) is 3.42. The molecule has 164 valence electrons. The first-order chi connectivity index (χ1) is 14.3. The molecule has 1 N–H and O–H groups in total. The molecule has 0 aromatic carbocycles. The number of rotatable bonds is 6. The highest BCUT2D eigenvalue weighted by molar-refractivity contribution is 5.62. The van der Waals surface area contributed by atoms with E-state index >= 15 is 0 Å². The standard InChI is InChI=1S/C15H17N3O12/c19-10-16(1-7-4-25-13(22)28-7)11(20)18(3-9-6-27-15(24)30-9)12(21)17(10)2-8-5-26-14(23)29-8/h7-9,13,22H,1-6H2. The Bertz CT molecular complexity index is 959. The monoisotopic (exact) mass is 431 g/mol. The third kappa shape index (κ3) is 3.94. The molecule has 0 amide bonds. The number of aliphatic hydroxyl groups is 1. The number of carbonyl (C=O) groups excluding carboxylic acids is 2. The van der Waals surface area contributed by atoms with Gasteiger partial charge >= 0.3 is 29.4 Å². The molecule has 3 saturated heterocycles. The van der Waals surface area contributed by atoms with E-state index in [0.717, 1.165) is 4.57 Å². The van der Waals surface area contributed by atoms with Gasteiger partial charge in [0.1, 0.15) is 19.3 Å². The molecule has 15 heteroatoms. The van der Waals surface area contributed by atoms with Gasteiger partial charge in [-0.3, -0.25) is 0 Å². The Balaban J connectivity index is 1.71. The second kappa shape index (κ2) is 7.92. The zero-order chi connectivity index (χ0) is 21.4. The lowest BCUT2D eigenvalue weighted by Gasteiger charge is -2.17. The number of carbonyl (C=O) groups is 2. The molecule has 0 spiro atoms. The summed E-state index contributed by atoms with van der Waals surface area (Å²) in [5.74, 6) is 0. The van der Waals surface area contributed by atoms with Crippen LogP contribution in [0.2, 0.25) is 0 Å². The van der Waals surface area contributed by atoms with Crippen LogP contribution in [0.25, 0.3) is 0 Å². The number of nitrogens with zero attached hydrogens (tertiary/aromatic N) is 3. The highest BCUT2D eigenvalue weighted by Crippen LogP contribution is 2.11. The average molecular weight is 431 g/mol. The van der Waals surface area contributed by atoms with Gasteiger partial charge in [-0.2, -0.15) is 0 Å². The van der Waals surface area contributed by atoms with Crippen molar-refractivity contribution in [3.63, 3.8) is 0 Å². The summed E-state index contributed by atoms with van der Waals surface area (Å²) in [5.41, 5.74) is -2.95. The Morgan fingerprint density at radius 3 is 1.47 bits per heavy atom. The highest BCUT2D eigenvalue weighted by atomic mass is 16.8. The van der Waals surface area contributed by atoms with Gasteiger partial charge in [0.15, 0.2) is 12.2 Å². The summed E-state index contributed by atoms with van der Waals surface area (Å²) in [7, 11) is 0. The van der Waals surface area contributed by atoms with Crippen molar-refractivity contribution >= 4 is 12.3 Å². The van der Waals surface area contributed by atoms with Gasteiger partial charge in [-0.15, -0.1) is 0 Å². The van der Waals surface area contributed by atoms with Gasteiger partial charge in [-0.1, -0.05) is 0 Å².